The van der Waals surface area contributed by atoms with Gasteiger partial charge in [0.05, 0.1) is 6.61 Å². The second-order valence-corrected chi connectivity index (χ2v) is 6.73. The van der Waals surface area contributed by atoms with Crippen LogP contribution in [0.4, 0.5) is 0 Å². The summed E-state index contributed by atoms with van der Waals surface area (Å²) in [6.45, 7) is 1.74. The largest absolute Gasteiger partial charge is 0.339 e. The first-order valence-electron chi connectivity index (χ1n) is 8.63. The Balaban J connectivity index is 1.57. The molecule has 2 aliphatic heterocycles. The molecule has 5 rings (SSSR count). The molecule has 2 aromatic carbocycles. The molecule has 0 amide bonds. The van der Waals surface area contributed by atoms with E-state index in [0.29, 0.717) is 12.6 Å². The number of piperidine rings is 1. The lowest BCUT2D eigenvalue weighted by Gasteiger charge is -2.30. The van der Waals surface area contributed by atoms with E-state index in [-0.39, 0.29) is 6.10 Å². The van der Waals surface area contributed by atoms with Crippen LogP contribution in [-0.2, 0) is 15.3 Å². The van der Waals surface area contributed by atoms with Crippen molar-refractivity contribution < 1.29 is 9.47 Å². The second-order valence-electron chi connectivity index (χ2n) is 6.73. The first-order chi connectivity index (χ1) is 11.4. The van der Waals surface area contributed by atoms with Crippen molar-refractivity contribution in [2.45, 2.75) is 37.2 Å². The van der Waals surface area contributed by atoms with Crippen molar-refractivity contribution in [3.63, 3.8) is 0 Å². The smallest absolute Gasteiger partial charge is 0.224 e. The summed E-state index contributed by atoms with van der Waals surface area (Å²) in [6.07, 6.45) is 3.83. The molecule has 1 aliphatic carbocycles. The summed E-state index contributed by atoms with van der Waals surface area (Å²) in [7, 11) is 0. The molecule has 2 heterocycles. The van der Waals surface area contributed by atoms with Crippen LogP contribution in [0.2, 0.25) is 0 Å². The van der Waals surface area contributed by atoms with Crippen LogP contribution >= 0.6 is 0 Å². The van der Waals surface area contributed by atoms with Gasteiger partial charge in [-0.1, -0.05) is 55.0 Å². The number of hydrogen-bond acceptors (Lipinski definition) is 3. The zero-order valence-electron chi connectivity index (χ0n) is 13.1. The highest BCUT2D eigenvalue weighted by Gasteiger charge is 2.52. The van der Waals surface area contributed by atoms with Crippen molar-refractivity contribution >= 4 is 0 Å². The summed E-state index contributed by atoms with van der Waals surface area (Å²) in [5, 5.41) is 3.61. The highest BCUT2D eigenvalue weighted by atomic mass is 16.7. The molecule has 2 fully saturated rings. The molecule has 0 saturated carbocycles. The predicted octanol–water partition coefficient (Wildman–Crippen LogP) is 3.43. The van der Waals surface area contributed by atoms with Crippen LogP contribution in [0.25, 0.3) is 11.1 Å². The van der Waals surface area contributed by atoms with E-state index in [1.807, 2.05) is 0 Å². The van der Waals surface area contributed by atoms with E-state index in [0.717, 1.165) is 17.7 Å². The zero-order valence-corrected chi connectivity index (χ0v) is 13.1. The monoisotopic (exact) mass is 307 g/mol. The first-order valence-corrected chi connectivity index (χ1v) is 8.63. The van der Waals surface area contributed by atoms with Crippen LogP contribution in [0.3, 0.4) is 0 Å². The minimum atomic E-state index is -0.711. The molecule has 0 aromatic heterocycles. The molecule has 2 atom stereocenters. The van der Waals surface area contributed by atoms with E-state index in [9.17, 15) is 0 Å². The number of ether oxygens (including phenoxy) is 2. The molecule has 2 aromatic rings. The lowest BCUT2D eigenvalue weighted by atomic mass is 10.00. The van der Waals surface area contributed by atoms with Crippen molar-refractivity contribution in [1.29, 1.82) is 0 Å². The molecule has 0 radical (unpaired) electrons. The lowest BCUT2D eigenvalue weighted by molar-refractivity contribution is -0.143. The van der Waals surface area contributed by atoms with Gasteiger partial charge in [-0.25, -0.2) is 0 Å². The van der Waals surface area contributed by atoms with Crippen LogP contribution in [0.5, 0.6) is 0 Å². The third kappa shape index (κ3) is 1.94. The molecular weight excluding hydrogens is 286 g/mol. The Morgan fingerprint density at radius 3 is 2.26 bits per heavy atom. The summed E-state index contributed by atoms with van der Waals surface area (Å²) < 4.78 is 13.0. The fraction of sp³-hybridized carbons (Fsp3) is 0.400. The van der Waals surface area contributed by atoms with Gasteiger partial charge in [0.25, 0.3) is 0 Å². The number of benzene rings is 2. The van der Waals surface area contributed by atoms with E-state index in [4.69, 9.17) is 9.47 Å². The number of rotatable bonds is 1. The maximum atomic E-state index is 6.62. The fourth-order valence-corrected chi connectivity index (χ4v) is 4.31. The van der Waals surface area contributed by atoms with Gasteiger partial charge < -0.3 is 14.8 Å². The van der Waals surface area contributed by atoms with Crippen molar-refractivity contribution in [3.05, 3.63) is 59.7 Å². The fourth-order valence-electron chi connectivity index (χ4n) is 4.31. The number of fused-ring (bicyclic) bond motifs is 5. The van der Waals surface area contributed by atoms with Gasteiger partial charge in [-0.05, 0) is 30.5 Å². The second kappa shape index (κ2) is 5.17. The van der Waals surface area contributed by atoms with Crippen molar-refractivity contribution in [2.75, 3.05) is 13.2 Å². The average molecular weight is 307 g/mol. The summed E-state index contributed by atoms with van der Waals surface area (Å²) in [5.41, 5.74) is 4.78. The zero-order chi connectivity index (χ0) is 15.3. The Morgan fingerprint density at radius 1 is 0.913 bits per heavy atom. The Morgan fingerprint density at radius 2 is 1.61 bits per heavy atom. The Hall–Kier alpha value is -1.68. The Labute approximate surface area is 136 Å². The van der Waals surface area contributed by atoms with Gasteiger partial charge in [-0.2, -0.15) is 0 Å². The van der Waals surface area contributed by atoms with E-state index >= 15 is 0 Å². The van der Waals surface area contributed by atoms with E-state index in [1.165, 1.54) is 30.4 Å². The standard InChI is InChI=1S/C20H21NO2/c1-3-9-16-14(7-1)15-8-2-4-10-17(15)20(16)22-13-19(23-20)18-11-5-6-12-21-18/h1-4,7-10,18-19,21H,5-6,11-13H2/t18-,19+/m0/s1. The molecule has 3 aliphatic rings. The molecule has 3 heteroatoms. The van der Waals surface area contributed by atoms with Crippen LogP contribution in [0.1, 0.15) is 30.4 Å². The quantitative estimate of drug-likeness (QED) is 0.875. The summed E-state index contributed by atoms with van der Waals surface area (Å²) in [4.78, 5) is 0. The van der Waals surface area contributed by atoms with Crippen LogP contribution < -0.4 is 5.32 Å². The maximum absolute atomic E-state index is 6.62. The van der Waals surface area contributed by atoms with Gasteiger partial charge in [0.15, 0.2) is 0 Å². The van der Waals surface area contributed by atoms with E-state index < -0.39 is 5.79 Å². The Bertz CT molecular complexity index is 690. The molecule has 118 valence electrons. The van der Waals surface area contributed by atoms with Crippen molar-refractivity contribution in [3.8, 4) is 11.1 Å². The van der Waals surface area contributed by atoms with Gasteiger partial charge in [0.1, 0.15) is 6.10 Å². The molecule has 1 N–H and O–H groups in total. The average Bonchev–Trinajstić information content (AvgIpc) is 3.19. The van der Waals surface area contributed by atoms with Crippen LogP contribution in [0.15, 0.2) is 48.5 Å². The Kier molecular flexibility index (Phi) is 3.08. The van der Waals surface area contributed by atoms with Crippen LogP contribution in [-0.4, -0.2) is 25.3 Å². The van der Waals surface area contributed by atoms with Gasteiger partial charge >= 0.3 is 0 Å². The molecule has 3 nitrogen and oxygen atoms in total. The van der Waals surface area contributed by atoms with Gasteiger partial charge in [0.2, 0.25) is 5.79 Å². The predicted molar refractivity (Wildman–Crippen MR) is 89.1 cm³/mol. The number of nitrogens with one attached hydrogen (secondary N) is 1. The SMILES string of the molecule is c1ccc2c(c1)-c1ccccc1C21OC[C@H]([C@@H]2CCCCN2)O1. The summed E-state index contributed by atoms with van der Waals surface area (Å²) in [6, 6.07) is 17.4. The first kappa shape index (κ1) is 13.7. The normalized spacial score (nSPS) is 27.8. The molecule has 2 saturated heterocycles. The highest BCUT2D eigenvalue weighted by molar-refractivity contribution is 5.79. The number of hydrogen-bond donors (Lipinski definition) is 1. The molecule has 0 unspecified atom stereocenters. The van der Waals surface area contributed by atoms with Crippen molar-refractivity contribution in [2.24, 2.45) is 0 Å². The minimum Gasteiger partial charge on any atom is -0.339 e. The highest BCUT2D eigenvalue weighted by Crippen LogP contribution is 2.53. The van der Waals surface area contributed by atoms with Crippen LogP contribution in [0, 0.1) is 0 Å². The topological polar surface area (TPSA) is 30.5 Å². The third-order valence-electron chi connectivity index (χ3n) is 5.42. The van der Waals surface area contributed by atoms with E-state index in [1.54, 1.807) is 0 Å². The molecule has 1 spiro atoms. The van der Waals surface area contributed by atoms with Crippen molar-refractivity contribution in [1.82, 2.24) is 5.32 Å². The minimum absolute atomic E-state index is 0.120. The van der Waals surface area contributed by atoms with E-state index in [2.05, 4.69) is 53.8 Å². The summed E-state index contributed by atoms with van der Waals surface area (Å²) >= 11 is 0. The maximum Gasteiger partial charge on any atom is 0.224 e. The van der Waals surface area contributed by atoms with Gasteiger partial charge in [-0.3, -0.25) is 0 Å². The third-order valence-corrected chi connectivity index (χ3v) is 5.42. The molecule has 0 bridgehead atoms. The molecular formula is C20H21NO2. The summed E-state index contributed by atoms with van der Waals surface area (Å²) in [5.74, 6) is -0.711. The molecule has 23 heavy (non-hydrogen) atoms. The lowest BCUT2D eigenvalue weighted by Crippen LogP contribution is -2.45. The van der Waals surface area contributed by atoms with Gasteiger partial charge in [0, 0.05) is 17.2 Å². The van der Waals surface area contributed by atoms with Gasteiger partial charge in [-0.15, -0.1) is 0 Å².